The first-order chi connectivity index (χ1) is 10.2. The van der Waals surface area contributed by atoms with E-state index in [9.17, 15) is 4.79 Å². The fraction of sp³-hybridized carbons (Fsp3) is 0.786. The molecule has 1 aromatic heterocycles. The standard InChI is InChI=1S/C14H23N5OS/c1-11-7-18(5-6-19(8-11)12-3-2-4-12)9-13(20)16-14-17-15-10-21-14/h10-12H,2-9H2,1H3,(H,16,17,20). The minimum absolute atomic E-state index is 0.0102. The first kappa shape index (κ1) is 14.9. The Kier molecular flexibility index (Phi) is 4.82. The van der Waals surface area contributed by atoms with Crippen molar-refractivity contribution in [2.24, 2.45) is 5.92 Å². The molecule has 0 bridgehead atoms. The van der Waals surface area contributed by atoms with E-state index in [0.29, 0.717) is 17.6 Å². The third-order valence-corrected chi connectivity index (χ3v) is 4.99. The Morgan fingerprint density at radius 3 is 2.95 bits per heavy atom. The molecule has 1 unspecified atom stereocenters. The van der Waals surface area contributed by atoms with E-state index in [1.165, 1.54) is 37.1 Å². The Morgan fingerprint density at radius 2 is 2.29 bits per heavy atom. The maximum Gasteiger partial charge on any atom is 0.240 e. The van der Waals surface area contributed by atoms with Crippen LogP contribution in [0.2, 0.25) is 0 Å². The molecule has 2 aliphatic rings. The van der Waals surface area contributed by atoms with E-state index in [4.69, 9.17) is 0 Å². The summed E-state index contributed by atoms with van der Waals surface area (Å²) in [5, 5.41) is 11.0. The van der Waals surface area contributed by atoms with Crippen LogP contribution in [0.25, 0.3) is 0 Å². The van der Waals surface area contributed by atoms with Crippen LogP contribution in [0, 0.1) is 5.92 Å². The van der Waals surface area contributed by atoms with Gasteiger partial charge in [-0.3, -0.25) is 19.9 Å². The molecule has 2 fully saturated rings. The summed E-state index contributed by atoms with van der Waals surface area (Å²) in [7, 11) is 0. The van der Waals surface area contributed by atoms with Crippen LogP contribution >= 0.6 is 11.3 Å². The van der Waals surface area contributed by atoms with Gasteiger partial charge in [-0.1, -0.05) is 24.7 Å². The smallest absolute Gasteiger partial charge is 0.240 e. The second-order valence-corrected chi connectivity index (χ2v) is 7.05. The number of carbonyl (C=O) groups excluding carboxylic acids is 1. The first-order valence-electron chi connectivity index (χ1n) is 7.73. The third kappa shape index (κ3) is 3.99. The molecule has 3 rings (SSSR count). The van der Waals surface area contributed by atoms with Crippen molar-refractivity contribution < 1.29 is 4.79 Å². The van der Waals surface area contributed by atoms with Gasteiger partial charge < -0.3 is 0 Å². The molecule has 1 atom stereocenters. The largest absolute Gasteiger partial charge is 0.299 e. The van der Waals surface area contributed by atoms with Gasteiger partial charge in [0.25, 0.3) is 0 Å². The third-order valence-electron chi connectivity index (χ3n) is 4.38. The number of rotatable bonds is 4. The number of hydrogen-bond donors (Lipinski definition) is 1. The highest BCUT2D eigenvalue weighted by molar-refractivity contribution is 7.13. The Labute approximate surface area is 129 Å². The molecule has 7 heteroatoms. The molecule has 1 aliphatic heterocycles. The zero-order chi connectivity index (χ0) is 14.7. The molecule has 1 amide bonds. The van der Waals surface area contributed by atoms with Crippen molar-refractivity contribution in [3.63, 3.8) is 0 Å². The lowest BCUT2D eigenvalue weighted by atomic mass is 9.91. The van der Waals surface area contributed by atoms with Crippen LogP contribution in [-0.4, -0.2) is 64.7 Å². The Morgan fingerprint density at radius 1 is 1.43 bits per heavy atom. The van der Waals surface area contributed by atoms with Crippen LogP contribution in [0.1, 0.15) is 26.2 Å². The Bertz CT molecular complexity index is 462. The summed E-state index contributed by atoms with van der Waals surface area (Å²) in [6, 6.07) is 0.794. The second-order valence-electron chi connectivity index (χ2n) is 6.21. The average molecular weight is 309 g/mol. The van der Waals surface area contributed by atoms with Crippen molar-refractivity contribution in [2.45, 2.75) is 32.2 Å². The van der Waals surface area contributed by atoms with Crippen LogP contribution in [-0.2, 0) is 4.79 Å². The highest BCUT2D eigenvalue weighted by atomic mass is 32.1. The highest BCUT2D eigenvalue weighted by Gasteiger charge is 2.29. The predicted molar refractivity (Wildman–Crippen MR) is 83.4 cm³/mol. The normalized spacial score (nSPS) is 25.3. The molecule has 116 valence electrons. The van der Waals surface area contributed by atoms with Gasteiger partial charge in [-0.2, -0.15) is 0 Å². The SMILES string of the molecule is CC1CN(CC(=O)Nc2nncs2)CCN(C2CCC2)C1. The fourth-order valence-electron chi connectivity index (χ4n) is 3.17. The number of nitrogens with one attached hydrogen (secondary N) is 1. The molecule has 0 radical (unpaired) electrons. The molecule has 1 N–H and O–H groups in total. The average Bonchev–Trinajstić information content (AvgIpc) is 2.79. The molecule has 6 nitrogen and oxygen atoms in total. The molecule has 2 heterocycles. The van der Waals surface area contributed by atoms with Gasteiger partial charge in [-0.25, -0.2) is 0 Å². The summed E-state index contributed by atoms with van der Waals surface area (Å²) in [6.45, 7) is 6.95. The summed E-state index contributed by atoms with van der Waals surface area (Å²) in [4.78, 5) is 16.9. The molecule has 1 aromatic rings. The van der Waals surface area contributed by atoms with Gasteiger partial charge in [0.1, 0.15) is 5.51 Å². The van der Waals surface area contributed by atoms with E-state index >= 15 is 0 Å². The molecular formula is C14H23N5OS. The molecule has 0 aromatic carbocycles. The van der Waals surface area contributed by atoms with Crippen molar-refractivity contribution in [3.05, 3.63) is 5.51 Å². The van der Waals surface area contributed by atoms with Crippen LogP contribution in [0.3, 0.4) is 0 Å². The number of nitrogens with zero attached hydrogens (tertiary/aromatic N) is 4. The van der Waals surface area contributed by atoms with E-state index in [-0.39, 0.29) is 5.91 Å². The molecule has 1 saturated heterocycles. The second kappa shape index (κ2) is 6.81. The number of aromatic nitrogens is 2. The van der Waals surface area contributed by atoms with Crippen molar-refractivity contribution in [1.82, 2.24) is 20.0 Å². The molecular weight excluding hydrogens is 286 g/mol. The Hall–Kier alpha value is -1.05. The van der Waals surface area contributed by atoms with Crippen molar-refractivity contribution >= 4 is 22.4 Å². The quantitative estimate of drug-likeness (QED) is 0.908. The lowest BCUT2D eigenvalue weighted by molar-refractivity contribution is -0.117. The lowest BCUT2D eigenvalue weighted by Crippen LogP contribution is -2.43. The molecule has 0 spiro atoms. The van der Waals surface area contributed by atoms with E-state index in [1.807, 2.05) is 0 Å². The first-order valence-corrected chi connectivity index (χ1v) is 8.61. The lowest BCUT2D eigenvalue weighted by Gasteiger charge is -2.37. The zero-order valence-electron chi connectivity index (χ0n) is 12.5. The maximum absolute atomic E-state index is 12.1. The van der Waals surface area contributed by atoms with E-state index < -0.39 is 0 Å². The maximum atomic E-state index is 12.1. The van der Waals surface area contributed by atoms with E-state index in [0.717, 1.165) is 25.7 Å². The van der Waals surface area contributed by atoms with Gasteiger partial charge in [-0.15, -0.1) is 10.2 Å². The van der Waals surface area contributed by atoms with Gasteiger partial charge in [0.2, 0.25) is 11.0 Å². The van der Waals surface area contributed by atoms with Crippen LogP contribution in [0.4, 0.5) is 5.13 Å². The van der Waals surface area contributed by atoms with Crippen molar-refractivity contribution in [2.75, 3.05) is 38.0 Å². The molecule has 1 saturated carbocycles. The van der Waals surface area contributed by atoms with Gasteiger partial charge in [0.05, 0.1) is 6.54 Å². The monoisotopic (exact) mass is 309 g/mol. The van der Waals surface area contributed by atoms with Gasteiger partial charge in [0, 0.05) is 32.2 Å². The van der Waals surface area contributed by atoms with Crippen LogP contribution in [0.5, 0.6) is 0 Å². The van der Waals surface area contributed by atoms with Crippen LogP contribution < -0.4 is 5.32 Å². The minimum atomic E-state index is 0.0102. The van der Waals surface area contributed by atoms with Gasteiger partial charge in [0.15, 0.2) is 0 Å². The summed E-state index contributed by atoms with van der Waals surface area (Å²) in [6.07, 6.45) is 4.08. The van der Waals surface area contributed by atoms with E-state index in [1.54, 1.807) is 5.51 Å². The summed E-state index contributed by atoms with van der Waals surface area (Å²) >= 11 is 1.35. The summed E-state index contributed by atoms with van der Waals surface area (Å²) in [5.41, 5.74) is 1.63. The van der Waals surface area contributed by atoms with Gasteiger partial charge >= 0.3 is 0 Å². The Balaban J connectivity index is 1.49. The number of anilines is 1. The van der Waals surface area contributed by atoms with Crippen molar-refractivity contribution in [1.29, 1.82) is 0 Å². The van der Waals surface area contributed by atoms with Gasteiger partial charge in [-0.05, 0) is 18.8 Å². The fourth-order valence-corrected chi connectivity index (χ4v) is 3.63. The molecule has 1 aliphatic carbocycles. The van der Waals surface area contributed by atoms with Crippen LogP contribution in [0.15, 0.2) is 5.51 Å². The summed E-state index contributed by atoms with van der Waals surface area (Å²) < 4.78 is 0. The predicted octanol–water partition coefficient (Wildman–Crippen LogP) is 1.28. The van der Waals surface area contributed by atoms with Crippen molar-refractivity contribution in [3.8, 4) is 0 Å². The topological polar surface area (TPSA) is 61.4 Å². The number of amides is 1. The number of hydrogen-bond acceptors (Lipinski definition) is 6. The minimum Gasteiger partial charge on any atom is -0.299 e. The zero-order valence-corrected chi connectivity index (χ0v) is 13.3. The highest BCUT2D eigenvalue weighted by Crippen LogP contribution is 2.26. The molecule has 21 heavy (non-hydrogen) atoms. The summed E-state index contributed by atoms with van der Waals surface area (Å²) in [5.74, 6) is 0.624. The van der Waals surface area contributed by atoms with E-state index in [2.05, 4.69) is 32.2 Å². The number of carbonyl (C=O) groups is 1.